The minimum Gasteiger partial charge on any atom is -0.462 e. The van der Waals surface area contributed by atoms with E-state index in [0.717, 1.165) is 0 Å². The lowest BCUT2D eigenvalue weighted by Crippen LogP contribution is -2.25. The van der Waals surface area contributed by atoms with Gasteiger partial charge in [-0.15, -0.1) is 0 Å². The summed E-state index contributed by atoms with van der Waals surface area (Å²) in [7, 11) is 1.76. The molecule has 2 N–H and O–H groups in total. The third kappa shape index (κ3) is 4.54. The number of esters is 1. The lowest BCUT2D eigenvalue weighted by Gasteiger charge is -2.11. The molecule has 0 amide bonds. The third-order valence-electron chi connectivity index (χ3n) is 2.12. The van der Waals surface area contributed by atoms with E-state index in [9.17, 15) is 4.79 Å². The van der Waals surface area contributed by atoms with Crippen molar-refractivity contribution in [3.05, 3.63) is 18.0 Å². The molecule has 96 valence electrons. The number of aromatic nitrogens is 2. The van der Waals surface area contributed by atoms with Gasteiger partial charge in [-0.2, -0.15) is 5.10 Å². The Hall–Kier alpha value is -1.40. The molecule has 6 nitrogen and oxygen atoms in total. The Labute approximate surface area is 101 Å². The highest BCUT2D eigenvalue weighted by Gasteiger charge is 2.18. The molecule has 0 aliphatic carbocycles. The summed E-state index contributed by atoms with van der Waals surface area (Å²) in [4.78, 5) is 11.6. The van der Waals surface area contributed by atoms with Crippen molar-refractivity contribution in [3.8, 4) is 0 Å². The summed E-state index contributed by atoms with van der Waals surface area (Å²) in [6, 6.07) is -0.789. The first-order valence-corrected chi connectivity index (χ1v) is 5.53. The lowest BCUT2D eigenvalue weighted by atomic mass is 10.2. The Morgan fingerprint density at radius 1 is 1.53 bits per heavy atom. The number of nitrogens with zero attached hydrogens (tertiary/aromatic N) is 2. The molecule has 1 rings (SSSR count). The second-order valence-corrected chi connectivity index (χ2v) is 4.01. The standard InChI is InChI=1S/C11H19N3O3/c1-8(2)16-4-5-17-11(15)10(12)9-6-13-14(3)7-9/h6-8,10H,4-5,12H2,1-3H3. The van der Waals surface area contributed by atoms with Crippen LogP contribution in [0, 0.1) is 0 Å². The molecule has 1 aromatic rings. The van der Waals surface area contributed by atoms with Crippen LogP contribution in [-0.4, -0.2) is 35.1 Å². The van der Waals surface area contributed by atoms with Crippen LogP contribution in [0.2, 0.25) is 0 Å². The zero-order chi connectivity index (χ0) is 12.8. The molecule has 0 aromatic carbocycles. The zero-order valence-corrected chi connectivity index (χ0v) is 10.4. The molecule has 1 heterocycles. The van der Waals surface area contributed by atoms with Crippen molar-refractivity contribution in [2.45, 2.75) is 26.0 Å². The van der Waals surface area contributed by atoms with Gasteiger partial charge in [0.1, 0.15) is 12.6 Å². The molecule has 1 unspecified atom stereocenters. The van der Waals surface area contributed by atoms with Crippen molar-refractivity contribution in [2.24, 2.45) is 12.8 Å². The van der Waals surface area contributed by atoms with Crippen LogP contribution in [-0.2, 0) is 21.3 Å². The summed E-state index contributed by atoms with van der Waals surface area (Å²) in [6.45, 7) is 4.43. The van der Waals surface area contributed by atoms with E-state index in [0.29, 0.717) is 12.2 Å². The predicted molar refractivity (Wildman–Crippen MR) is 62.2 cm³/mol. The number of carbonyl (C=O) groups excluding carboxylic acids is 1. The van der Waals surface area contributed by atoms with Crippen LogP contribution in [0.5, 0.6) is 0 Å². The van der Waals surface area contributed by atoms with E-state index in [-0.39, 0.29) is 12.7 Å². The fourth-order valence-corrected chi connectivity index (χ4v) is 1.25. The zero-order valence-electron chi connectivity index (χ0n) is 10.4. The normalized spacial score (nSPS) is 12.8. The van der Waals surface area contributed by atoms with E-state index >= 15 is 0 Å². The van der Waals surface area contributed by atoms with Gasteiger partial charge in [-0.1, -0.05) is 0 Å². The molecule has 0 spiro atoms. The fraction of sp³-hybridized carbons (Fsp3) is 0.636. The molecule has 1 atom stereocenters. The monoisotopic (exact) mass is 241 g/mol. The summed E-state index contributed by atoms with van der Waals surface area (Å²) in [5.74, 6) is -0.467. The lowest BCUT2D eigenvalue weighted by molar-refractivity contribution is -0.147. The molecule has 0 bridgehead atoms. The van der Waals surface area contributed by atoms with Gasteiger partial charge >= 0.3 is 5.97 Å². The van der Waals surface area contributed by atoms with Gasteiger partial charge in [0.2, 0.25) is 0 Å². The molecule has 1 aromatic heterocycles. The molecular weight excluding hydrogens is 222 g/mol. The maximum Gasteiger partial charge on any atom is 0.327 e. The number of hydrogen-bond acceptors (Lipinski definition) is 5. The molecule has 0 saturated heterocycles. The number of hydrogen-bond donors (Lipinski definition) is 1. The van der Waals surface area contributed by atoms with Gasteiger partial charge in [-0.3, -0.25) is 4.68 Å². The Kier molecular flexibility index (Phi) is 5.11. The van der Waals surface area contributed by atoms with Crippen molar-refractivity contribution in [1.82, 2.24) is 9.78 Å². The number of aryl methyl sites for hydroxylation is 1. The summed E-state index contributed by atoms with van der Waals surface area (Å²) in [6.07, 6.45) is 3.37. The van der Waals surface area contributed by atoms with Crippen molar-refractivity contribution >= 4 is 5.97 Å². The maximum absolute atomic E-state index is 11.6. The van der Waals surface area contributed by atoms with Gasteiger partial charge in [-0.05, 0) is 13.8 Å². The molecule has 0 saturated carbocycles. The van der Waals surface area contributed by atoms with E-state index in [1.807, 2.05) is 13.8 Å². The van der Waals surface area contributed by atoms with Crippen LogP contribution < -0.4 is 5.73 Å². The van der Waals surface area contributed by atoms with Crippen LogP contribution in [0.3, 0.4) is 0 Å². The van der Waals surface area contributed by atoms with Crippen LogP contribution >= 0.6 is 0 Å². The average Bonchev–Trinajstić information content (AvgIpc) is 2.69. The largest absolute Gasteiger partial charge is 0.462 e. The molecule has 17 heavy (non-hydrogen) atoms. The van der Waals surface area contributed by atoms with Crippen LogP contribution in [0.25, 0.3) is 0 Å². The minimum absolute atomic E-state index is 0.126. The third-order valence-corrected chi connectivity index (χ3v) is 2.12. The van der Waals surface area contributed by atoms with Gasteiger partial charge in [0.05, 0.1) is 18.9 Å². The molecule has 0 radical (unpaired) electrons. The smallest absolute Gasteiger partial charge is 0.327 e. The van der Waals surface area contributed by atoms with Crippen molar-refractivity contribution in [1.29, 1.82) is 0 Å². The molecule has 6 heteroatoms. The number of rotatable bonds is 6. The van der Waals surface area contributed by atoms with Crippen molar-refractivity contribution < 1.29 is 14.3 Å². The fourth-order valence-electron chi connectivity index (χ4n) is 1.25. The van der Waals surface area contributed by atoms with Gasteiger partial charge < -0.3 is 15.2 Å². The summed E-state index contributed by atoms with van der Waals surface area (Å²) in [5, 5.41) is 3.94. The van der Waals surface area contributed by atoms with Crippen LogP contribution in [0.4, 0.5) is 0 Å². The van der Waals surface area contributed by atoms with Crippen LogP contribution in [0.15, 0.2) is 12.4 Å². The van der Waals surface area contributed by atoms with Crippen LogP contribution in [0.1, 0.15) is 25.5 Å². The highest BCUT2D eigenvalue weighted by Crippen LogP contribution is 2.09. The van der Waals surface area contributed by atoms with Gasteiger partial charge in [0.15, 0.2) is 0 Å². The SMILES string of the molecule is CC(C)OCCOC(=O)C(N)c1cnn(C)c1. The quantitative estimate of drug-likeness (QED) is 0.575. The molecule has 0 aliphatic heterocycles. The van der Waals surface area contributed by atoms with Gasteiger partial charge in [0, 0.05) is 18.8 Å². The number of nitrogens with two attached hydrogens (primary N) is 1. The average molecular weight is 241 g/mol. The Balaban J connectivity index is 2.32. The Morgan fingerprint density at radius 3 is 2.76 bits per heavy atom. The van der Waals surface area contributed by atoms with Gasteiger partial charge in [-0.25, -0.2) is 4.79 Å². The highest BCUT2D eigenvalue weighted by atomic mass is 16.6. The van der Waals surface area contributed by atoms with E-state index in [1.54, 1.807) is 24.1 Å². The van der Waals surface area contributed by atoms with E-state index in [2.05, 4.69) is 5.10 Å². The first kappa shape index (κ1) is 13.7. The molecule has 0 fully saturated rings. The van der Waals surface area contributed by atoms with E-state index in [4.69, 9.17) is 15.2 Å². The predicted octanol–water partition coefficient (Wildman–Crippen LogP) is 0.388. The first-order valence-electron chi connectivity index (χ1n) is 5.53. The van der Waals surface area contributed by atoms with Crippen molar-refractivity contribution in [3.63, 3.8) is 0 Å². The maximum atomic E-state index is 11.6. The molecule has 0 aliphatic rings. The number of ether oxygens (including phenoxy) is 2. The minimum atomic E-state index is -0.789. The van der Waals surface area contributed by atoms with Crippen molar-refractivity contribution in [2.75, 3.05) is 13.2 Å². The highest BCUT2D eigenvalue weighted by molar-refractivity contribution is 5.77. The Bertz CT molecular complexity index is 363. The second-order valence-electron chi connectivity index (χ2n) is 4.01. The topological polar surface area (TPSA) is 79.4 Å². The number of carbonyl (C=O) groups is 1. The summed E-state index contributed by atoms with van der Waals surface area (Å²) >= 11 is 0. The Morgan fingerprint density at radius 2 is 2.24 bits per heavy atom. The van der Waals surface area contributed by atoms with Gasteiger partial charge in [0.25, 0.3) is 0 Å². The first-order chi connectivity index (χ1) is 8.00. The molecular formula is C11H19N3O3. The van der Waals surface area contributed by atoms with E-state index in [1.165, 1.54) is 0 Å². The summed E-state index contributed by atoms with van der Waals surface area (Å²) < 4.78 is 11.8. The second kappa shape index (κ2) is 6.36. The summed E-state index contributed by atoms with van der Waals surface area (Å²) in [5.41, 5.74) is 6.37. The van der Waals surface area contributed by atoms with E-state index < -0.39 is 12.0 Å².